The predicted molar refractivity (Wildman–Crippen MR) is 93.5 cm³/mol. The molecule has 0 heterocycles. The van der Waals surface area contributed by atoms with Crippen LogP contribution in [0.3, 0.4) is 0 Å². The fourth-order valence-corrected chi connectivity index (χ4v) is 3.73. The highest BCUT2D eigenvalue weighted by atomic mass is 79.9. The first-order valence-corrected chi connectivity index (χ1v) is 8.04. The molecule has 0 fully saturated rings. The first kappa shape index (κ1) is 5.22. The molecule has 0 spiro atoms. The van der Waals surface area contributed by atoms with Crippen LogP contribution >= 0.6 is 23.1 Å². The van der Waals surface area contributed by atoms with Gasteiger partial charge in [0.25, 0.3) is 0 Å². The van der Waals surface area contributed by atoms with Crippen molar-refractivity contribution in [3.05, 3.63) is 89.1 Å². The first-order valence-electron chi connectivity index (χ1n) is 12.5. The van der Waals surface area contributed by atoms with E-state index < -0.39 is 108 Å². The second-order valence-electron chi connectivity index (χ2n) is 3.72. The van der Waals surface area contributed by atoms with Crippen LogP contribution in [0.4, 0.5) is 0 Å². The molecule has 3 aromatic rings. The minimum absolute atomic E-state index is 0.315. The number of benzene rings is 3. The topological polar surface area (TPSA) is 17.1 Å². The van der Waals surface area contributed by atoms with Crippen LogP contribution in [-0.2, 0) is 4.57 Å². The van der Waals surface area contributed by atoms with Crippen molar-refractivity contribution < 1.29 is 23.8 Å². The lowest BCUT2D eigenvalue weighted by Gasteiger charge is -2.19. The zero-order chi connectivity index (χ0) is 26.9. The molecule has 3 rings (SSSR count). The fraction of sp³-hybridized carbons (Fsp3) is 0. The Kier molecular flexibility index (Phi) is 1.50. The lowest BCUT2D eigenvalue weighted by Crippen LogP contribution is -2.24. The quantitative estimate of drug-likeness (QED) is 0.634. The van der Waals surface area contributed by atoms with E-state index in [1.165, 1.54) is 0 Å². The average molecular weight is 371 g/mol. The van der Waals surface area contributed by atoms with Crippen LogP contribution in [0.5, 0.6) is 0 Å². The van der Waals surface area contributed by atoms with Gasteiger partial charge in [0.2, 0.25) is 0 Å². The second-order valence-corrected chi connectivity index (χ2v) is 7.07. The summed E-state index contributed by atoms with van der Waals surface area (Å²) >= 11 is 2.90. The summed E-state index contributed by atoms with van der Waals surface area (Å²) in [5.41, 5.74) is 0. The molecule has 3 heteroatoms. The third-order valence-corrected chi connectivity index (χ3v) is 5.46. The lowest BCUT2D eigenvalue weighted by molar-refractivity contribution is 0.592. The molecule has 0 saturated carbocycles. The summed E-state index contributed by atoms with van der Waals surface area (Å²) in [5.74, 6) is 0. The van der Waals surface area contributed by atoms with Gasteiger partial charge in [-0.15, -0.1) is 0 Å². The van der Waals surface area contributed by atoms with E-state index in [0.29, 0.717) is 0 Å². The number of rotatable bonds is 3. The largest absolute Gasteiger partial charge is 0.309 e. The van der Waals surface area contributed by atoms with Gasteiger partial charge in [-0.05, 0) is 24.2 Å². The Morgan fingerprint density at radius 3 is 1.48 bits per heavy atom. The highest BCUT2D eigenvalue weighted by Gasteiger charge is 2.29. The third-order valence-electron chi connectivity index (χ3n) is 2.50. The SMILES string of the molecule is [2H]c1c([2H])c([2H])c(P(=O)(c2c([2H])c([2H])c([2H])c([2H])c2[2H])c2c([2H])c([2H])c(Br)c([2H])c2[2H])c([2H])c1[2H]. The summed E-state index contributed by atoms with van der Waals surface area (Å²) < 4.78 is 129. The molecule has 21 heavy (non-hydrogen) atoms. The van der Waals surface area contributed by atoms with Gasteiger partial charge >= 0.3 is 0 Å². The molecular weight excluding hydrogens is 343 g/mol. The zero-order valence-corrected chi connectivity index (χ0v) is 12.7. The highest BCUT2D eigenvalue weighted by Crippen LogP contribution is 2.42. The van der Waals surface area contributed by atoms with E-state index >= 15 is 4.57 Å². The maximum Gasteiger partial charge on any atom is 0.171 e. The van der Waals surface area contributed by atoms with E-state index in [1.54, 1.807) is 0 Å². The molecule has 104 valence electrons. The fourth-order valence-electron chi connectivity index (χ4n) is 1.59. The van der Waals surface area contributed by atoms with Crippen LogP contribution in [0.15, 0.2) is 89.1 Å². The van der Waals surface area contributed by atoms with Gasteiger partial charge in [-0.2, -0.15) is 0 Å². The smallest absolute Gasteiger partial charge is 0.171 e. The number of halogens is 1. The number of hydrogen-bond donors (Lipinski definition) is 0. The summed E-state index contributed by atoms with van der Waals surface area (Å²) in [6.07, 6.45) is 0. The van der Waals surface area contributed by atoms with Crippen LogP contribution in [0.25, 0.3) is 0 Å². The normalized spacial score (nSPS) is 20.6. The maximum absolute atomic E-state index is 15.0. The molecule has 0 unspecified atom stereocenters. The van der Waals surface area contributed by atoms with Gasteiger partial charge in [0.15, 0.2) is 7.14 Å². The summed E-state index contributed by atoms with van der Waals surface area (Å²) in [6.45, 7) is 0. The molecule has 0 aliphatic heterocycles. The first-order chi connectivity index (χ1) is 16.0. The van der Waals surface area contributed by atoms with E-state index in [-0.39, 0.29) is 4.47 Å². The van der Waals surface area contributed by atoms with E-state index in [4.69, 9.17) is 19.2 Å². The molecule has 0 aliphatic carbocycles. The van der Waals surface area contributed by atoms with Gasteiger partial charge in [0.05, 0.1) is 19.2 Å². The van der Waals surface area contributed by atoms with Gasteiger partial charge < -0.3 is 4.57 Å². The van der Waals surface area contributed by atoms with Gasteiger partial charge in [-0.25, -0.2) is 0 Å². The summed E-state index contributed by atoms with van der Waals surface area (Å²) in [5, 5.41) is -2.94. The summed E-state index contributed by atoms with van der Waals surface area (Å²) in [7, 11) is -5.26. The van der Waals surface area contributed by atoms with Crippen LogP contribution in [0.2, 0.25) is 0 Å². The standard InChI is InChI=1S/C18H14BrOP/c19-15-11-13-18(14-12-15)21(20,16-7-3-1-4-8-16)17-9-5-2-6-10-17/h1-14H/i1D,2D,3D,4D,5D,6D,7D,8D,9D,10D,11D,12D,13D,14D. The van der Waals surface area contributed by atoms with Gasteiger partial charge in [0, 0.05) is 20.4 Å². The molecule has 0 amide bonds. The van der Waals surface area contributed by atoms with E-state index in [2.05, 4.69) is 15.9 Å². The third kappa shape index (κ3) is 2.74. The predicted octanol–water partition coefficient (Wildman–Crippen LogP) is 4.09. The van der Waals surface area contributed by atoms with Crippen molar-refractivity contribution in [3.8, 4) is 0 Å². The Bertz CT molecular complexity index is 1230. The molecule has 0 bridgehead atoms. The van der Waals surface area contributed by atoms with Crippen LogP contribution in [0.1, 0.15) is 19.2 Å². The van der Waals surface area contributed by atoms with Gasteiger partial charge in [-0.1, -0.05) is 76.4 Å². The Balaban J connectivity index is 2.80. The Labute approximate surface area is 152 Å². The van der Waals surface area contributed by atoms with Crippen LogP contribution in [0, 0.1) is 0 Å². The monoisotopic (exact) mass is 370 g/mol. The molecule has 3 aromatic carbocycles. The van der Waals surface area contributed by atoms with Gasteiger partial charge in [0.1, 0.15) is 0 Å². The molecular formula is C18H14BrOP. The molecule has 1 nitrogen and oxygen atoms in total. The zero-order valence-electron chi connectivity index (χ0n) is 24.2. The minimum Gasteiger partial charge on any atom is -0.309 e. The maximum atomic E-state index is 15.0. The number of hydrogen-bond acceptors (Lipinski definition) is 1. The molecule has 0 N–H and O–H groups in total. The van der Waals surface area contributed by atoms with Crippen molar-refractivity contribution in [3.63, 3.8) is 0 Å². The minimum atomic E-state index is -5.26. The van der Waals surface area contributed by atoms with E-state index in [9.17, 15) is 0 Å². The Morgan fingerprint density at radius 1 is 0.667 bits per heavy atom. The van der Waals surface area contributed by atoms with Crippen molar-refractivity contribution in [1.82, 2.24) is 0 Å². The lowest BCUT2D eigenvalue weighted by atomic mass is 10.4. The molecule has 0 atom stereocenters. The molecule has 0 radical (unpaired) electrons. The average Bonchev–Trinajstić information content (AvgIpc) is 2.81. The molecule has 0 aromatic heterocycles. The second kappa shape index (κ2) is 6.01. The molecule has 0 saturated heterocycles. The Morgan fingerprint density at radius 2 is 1.05 bits per heavy atom. The van der Waals surface area contributed by atoms with Gasteiger partial charge in [-0.3, -0.25) is 0 Å². The van der Waals surface area contributed by atoms with Crippen molar-refractivity contribution in [2.24, 2.45) is 0 Å². The summed E-state index contributed by atoms with van der Waals surface area (Å²) in [6, 6.07) is -12.9. The summed E-state index contributed by atoms with van der Waals surface area (Å²) in [4.78, 5) is 0. The van der Waals surface area contributed by atoms with E-state index in [0.717, 1.165) is 0 Å². The van der Waals surface area contributed by atoms with Crippen LogP contribution < -0.4 is 15.9 Å². The van der Waals surface area contributed by atoms with Crippen molar-refractivity contribution in [2.75, 3.05) is 0 Å². The van der Waals surface area contributed by atoms with Crippen LogP contribution in [-0.4, -0.2) is 0 Å². The Hall–Kier alpha value is -1.63. The van der Waals surface area contributed by atoms with Crippen molar-refractivity contribution in [1.29, 1.82) is 0 Å². The van der Waals surface area contributed by atoms with E-state index in [1.807, 2.05) is 0 Å². The highest BCUT2D eigenvalue weighted by molar-refractivity contribution is 9.10. The van der Waals surface area contributed by atoms with Crippen molar-refractivity contribution >= 4 is 39.0 Å². The van der Waals surface area contributed by atoms with Crippen molar-refractivity contribution in [2.45, 2.75) is 0 Å². The molecule has 0 aliphatic rings.